The van der Waals surface area contributed by atoms with E-state index in [1.807, 2.05) is 13.1 Å². The van der Waals surface area contributed by atoms with E-state index in [1.54, 1.807) is 12.1 Å². The summed E-state index contributed by atoms with van der Waals surface area (Å²) in [7, 11) is 1.91. The molecule has 1 aliphatic heterocycles. The Kier molecular flexibility index (Phi) is 3.93. The number of fused-ring (bicyclic) bond motifs is 1. The van der Waals surface area contributed by atoms with Crippen molar-refractivity contribution in [2.75, 3.05) is 18.5 Å². The van der Waals surface area contributed by atoms with Crippen LogP contribution in [0.3, 0.4) is 0 Å². The van der Waals surface area contributed by atoms with Crippen LogP contribution >= 0.6 is 0 Å². The molecule has 0 spiro atoms. The van der Waals surface area contributed by atoms with Gasteiger partial charge >= 0.3 is 0 Å². The molecule has 21 heavy (non-hydrogen) atoms. The van der Waals surface area contributed by atoms with Gasteiger partial charge < -0.3 is 10.2 Å². The van der Waals surface area contributed by atoms with Crippen LogP contribution in [0.25, 0.3) is 0 Å². The van der Waals surface area contributed by atoms with Crippen molar-refractivity contribution < 1.29 is 4.39 Å². The molecule has 0 bridgehead atoms. The molecule has 1 N–H and O–H groups in total. The average molecular weight is 284 g/mol. The van der Waals surface area contributed by atoms with Crippen molar-refractivity contribution in [3.8, 4) is 0 Å². The molecule has 110 valence electrons. The van der Waals surface area contributed by atoms with Crippen LogP contribution in [-0.4, -0.2) is 13.6 Å². The van der Waals surface area contributed by atoms with Gasteiger partial charge in [-0.05, 0) is 62.2 Å². The molecule has 2 aromatic rings. The first kappa shape index (κ1) is 14.1. The Hall–Kier alpha value is -1.87. The van der Waals surface area contributed by atoms with Gasteiger partial charge in [0.1, 0.15) is 5.82 Å². The molecule has 1 aliphatic rings. The van der Waals surface area contributed by atoms with E-state index in [0.29, 0.717) is 0 Å². The number of para-hydroxylation sites is 1. The SMILES string of the molecule is CNC(C)c1cc(F)ccc1N1CCCc2ccccc21. The quantitative estimate of drug-likeness (QED) is 0.909. The predicted octanol–water partition coefficient (Wildman–Crippen LogP) is 4.19. The van der Waals surface area contributed by atoms with E-state index >= 15 is 0 Å². The first-order valence-corrected chi connectivity index (χ1v) is 7.53. The predicted molar refractivity (Wildman–Crippen MR) is 85.6 cm³/mol. The van der Waals surface area contributed by atoms with Crippen molar-refractivity contribution in [3.63, 3.8) is 0 Å². The summed E-state index contributed by atoms with van der Waals surface area (Å²) in [6.07, 6.45) is 2.24. The Morgan fingerprint density at radius 3 is 2.76 bits per heavy atom. The second kappa shape index (κ2) is 5.86. The lowest BCUT2D eigenvalue weighted by Gasteiger charge is -2.33. The molecule has 0 aliphatic carbocycles. The smallest absolute Gasteiger partial charge is 0.123 e. The third-order valence-corrected chi connectivity index (χ3v) is 4.29. The molecule has 2 nitrogen and oxygen atoms in total. The van der Waals surface area contributed by atoms with Crippen LogP contribution in [0.1, 0.15) is 30.5 Å². The van der Waals surface area contributed by atoms with Crippen LogP contribution < -0.4 is 10.2 Å². The molecule has 0 amide bonds. The molecule has 0 radical (unpaired) electrons. The first-order chi connectivity index (χ1) is 10.2. The molecule has 1 heterocycles. The minimum atomic E-state index is -0.179. The van der Waals surface area contributed by atoms with Crippen LogP contribution in [0.4, 0.5) is 15.8 Å². The molecule has 0 saturated carbocycles. The normalized spacial score (nSPS) is 15.7. The fourth-order valence-corrected chi connectivity index (χ4v) is 3.06. The van der Waals surface area contributed by atoms with Crippen molar-refractivity contribution in [2.45, 2.75) is 25.8 Å². The van der Waals surface area contributed by atoms with Crippen molar-refractivity contribution in [2.24, 2.45) is 0 Å². The number of rotatable bonds is 3. The van der Waals surface area contributed by atoms with E-state index in [-0.39, 0.29) is 11.9 Å². The minimum Gasteiger partial charge on any atom is -0.341 e. The maximum Gasteiger partial charge on any atom is 0.123 e. The van der Waals surface area contributed by atoms with Crippen molar-refractivity contribution in [1.29, 1.82) is 0 Å². The highest BCUT2D eigenvalue weighted by atomic mass is 19.1. The Bertz CT molecular complexity index is 639. The van der Waals surface area contributed by atoms with E-state index in [9.17, 15) is 4.39 Å². The maximum absolute atomic E-state index is 13.7. The lowest BCUT2D eigenvalue weighted by Crippen LogP contribution is -2.27. The number of benzene rings is 2. The van der Waals surface area contributed by atoms with Gasteiger partial charge in [0.15, 0.2) is 0 Å². The monoisotopic (exact) mass is 284 g/mol. The van der Waals surface area contributed by atoms with Crippen LogP contribution in [0.15, 0.2) is 42.5 Å². The Balaban J connectivity index is 2.09. The van der Waals surface area contributed by atoms with Gasteiger partial charge in [-0.15, -0.1) is 0 Å². The molecule has 0 fully saturated rings. The molecule has 3 rings (SSSR count). The van der Waals surface area contributed by atoms with Gasteiger partial charge in [-0.2, -0.15) is 0 Å². The van der Waals surface area contributed by atoms with E-state index in [1.165, 1.54) is 11.3 Å². The standard InChI is InChI=1S/C18H21FN2/c1-13(20-2)16-12-15(19)9-10-18(16)21-11-5-7-14-6-3-4-8-17(14)21/h3-4,6,8-10,12-13,20H,5,7,11H2,1-2H3. The van der Waals surface area contributed by atoms with Gasteiger partial charge in [0.25, 0.3) is 0 Å². The van der Waals surface area contributed by atoms with E-state index in [2.05, 4.69) is 41.4 Å². The lowest BCUT2D eigenvalue weighted by atomic mass is 9.98. The number of aryl methyl sites for hydroxylation is 1. The van der Waals surface area contributed by atoms with Crippen LogP contribution in [0, 0.1) is 5.82 Å². The largest absolute Gasteiger partial charge is 0.341 e. The average Bonchev–Trinajstić information content (AvgIpc) is 2.53. The number of anilines is 2. The second-order valence-corrected chi connectivity index (χ2v) is 5.60. The zero-order chi connectivity index (χ0) is 14.8. The van der Waals surface area contributed by atoms with Crippen LogP contribution in [-0.2, 0) is 6.42 Å². The minimum absolute atomic E-state index is 0.116. The summed E-state index contributed by atoms with van der Waals surface area (Å²) < 4.78 is 13.7. The highest BCUT2D eigenvalue weighted by Gasteiger charge is 2.21. The van der Waals surface area contributed by atoms with E-state index < -0.39 is 0 Å². The van der Waals surface area contributed by atoms with Crippen LogP contribution in [0.2, 0.25) is 0 Å². The highest BCUT2D eigenvalue weighted by molar-refractivity contribution is 5.70. The summed E-state index contributed by atoms with van der Waals surface area (Å²) in [6, 6.07) is 13.7. The summed E-state index contributed by atoms with van der Waals surface area (Å²) in [4.78, 5) is 2.32. The number of nitrogens with zero attached hydrogens (tertiary/aromatic N) is 1. The number of halogens is 1. The summed E-state index contributed by atoms with van der Waals surface area (Å²) in [6.45, 7) is 3.04. The Morgan fingerprint density at radius 1 is 1.14 bits per heavy atom. The Morgan fingerprint density at radius 2 is 1.95 bits per heavy atom. The zero-order valence-electron chi connectivity index (χ0n) is 12.6. The van der Waals surface area contributed by atoms with E-state index in [4.69, 9.17) is 0 Å². The van der Waals surface area contributed by atoms with Crippen LogP contribution in [0.5, 0.6) is 0 Å². The van der Waals surface area contributed by atoms with Crippen molar-refractivity contribution >= 4 is 11.4 Å². The van der Waals surface area contributed by atoms with Gasteiger partial charge in [-0.1, -0.05) is 18.2 Å². The number of hydrogen-bond donors (Lipinski definition) is 1. The molecule has 0 aromatic heterocycles. The lowest BCUT2D eigenvalue weighted by molar-refractivity contribution is 0.607. The molecule has 1 atom stereocenters. The third kappa shape index (κ3) is 2.66. The molecule has 2 aromatic carbocycles. The summed E-state index contributed by atoms with van der Waals surface area (Å²) >= 11 is 0. The highest BCUT2D eigenvalue weighted by Crippen LogP contribution is 2.37. The number of hydrogen-bond acceptors (Lipinski definition) is 2. The van der Waals surface area contributed by atoms with Gasteiger partial charge in [-0.25, -0.2) is 4.39 Å². The zero-order valence-corrected chi connectivity index (χ0v) is 12.6. The third-order valence-electron chi connectivity index (χ3n) is 4.29. The molecular formula is C18H21FN2. The summed E-state index contributed by atoms with van der Waals surface area (Å²) in [5.41, 5.74) is 4.73. The van der Waals surface area contributed by atoms with Gasteiger partial charge in [0.05, 0.1) is 0 Å². The molecule has 0 saturated heterocycles. The fourth-order valence-electron chi connectivity index (χ4n) is 3.06. The van der Waals surface area contributed by atoms with Gasteiger partial charge in [-0.3, -0.25) is 0 Å². The topological polar surface area (TPSA) is 15.3 Å². The molecular weight excluding hydrogens is 263 g/mol. The van der Waals surface area contributed by atoms with Crippen molar-refractivity contribution in [3.05, 3.63) is 59.4 Å². The fraction of sp³-hybridized carbons (Fsp3) is 0.333. The van der Waals surface area contributed by atoms with E-state index in [0.717, 1.165) is 30.6 Å². The molecule has 3 heteroatoms. The second-order valence-electron chi connectivity index (χ2n) is 5.60. The maximum atomic E-state index is 13.7. The summed E-state index contributed by atoms with van der Waals surface area (Å²) in [5, 5.41) is 3.22. The van der Waals surface area contributed by atoms with Crippen molar-refractivity contribution in [1.82, 2.24) is 5.32 Å². The molecule has 1 unspecified atom stereocenters. The van der Waals surface area contributed by atoms with Gasteiger partial charge in [0, 0.05) is 24.0 Å². The van der Waals surface area contributed by atoms with Gasteiger partial charge in [0.2, 0.25) is 0 Å². The summed E-state index contributed by atoms with van der Waals surface area (Å²) in [5.74, 6) is -0.179. The Labute approximate surface area is 125 Å². The first-order valence-electron chi connectivity index (χ1n) is 7.53. The number of nitrogens with one attached hydrogen (secondary N) is 1.